The van der Waals surface area contributed by atoms with Crippen LogP contribution in [0.1, 0.15) is 36.3 Å². The van der Waals surface area contributed by atoms with Crippen molar-refractivity contribution in [3.8, 4) is 17.2 Å². The molecule has 2 aliphatic rings. The molecule has 29 heavy (non-hydrogen) atoms. The van der Waals surface area contributed by atoms with Crippen molar-refractivity contribution >= 4 is 11.6 Å². The number of benzene rings is 1. The number of allylic oxidation sites excluding steroid dienone is 2. The SMILES string of the molecule is COc1cc([C@@H]2C3=C(CCCC3=O)Nc3[nH]c(=O)[nH]c(=O)c32)cc(OC)c1OC. The van der Waals surface area contributed by atoms with Gasteiger partial charge in [0.1, 0.15) is 5.82 Å². The van der Waals surface area contributed by atoms with Crippen molar-refractivity contribution in [2.75, 3.05) is 26.6 Å². The molecule has 1 aliphatic carbocycles. The summed E-state index contributed by atoms with van der Waals surface area (Å²) in [7, 11) is 4.50. The van der Waals surface area contributed by atoms with Gasteiger partial charge in [-0.05, 0) is 30.5 Å². The molecule has 1 atom stereocenters. The second kappa shape index (κ2) is 7.16. The molecule has 0 radical (unpaired) electrons. The fourth-order valence-corrected chi connectivity index (χ4v) is 4.10. The highest BCUT2D eigenvalue weighted by Crippen LogP contribution is 2.47. The van der Waals surface area contributed by atoms with E-state index in [9.17, 15) is 14.4 Å². The summed E-state index contributed by atoms with van der Waals surface area (Å²) < 4.78 is 16.3. The van der Waals surface area contributed by atoms with Crippen LogP contribution in [0, 0.1) is 0 Å². The Balaban J connectivity index is 2.03. The standard InChI is InChI=1S/C20H21N3O6/c1-27-12-7-9(8-13(28-2)17(12)29-3)14-15-10(5-4-6-11(15)24)21-18-16(14)19(25)23-20(26)22-18/h7-8,14H,4-6H2,1-3H3,(H3,21,22,23,25,26)/t14-/m1/s1. The first-order valence-corrected chi connectivity index (χ1v) is 9.18. The van der Waals surface area contributed by atoms with Gasteiger partial charge < -0.3 is 19.5 Å². The summed E-state index contributed by atoms with van der Waals surface area (Å²) in [6, 6.07) is 3.44. The first-order chi connectivity index (χ1) is 14.0. The zero-order valence-electron chi connectivity index (χ0n) is 16.3. The Kier molecular flexibility index (Phi) is 4.65. The van der Waals surface area contributed by atoms with Gasteiger partial charge in [0, 0.05) is 23.6 Å². The van der Waals surface area contributed by atoms with Gasteiger partial charge in [-0.25, -0.2) is 4.79 Å². The van der Waals surface area contributed by atoms with Crippen LogP contribution in [0.3, 0.4) is 0 Å². The fourth-order valence-electron chi connectivity index (χ4n) is 4.10. The van der Waals surface area contributed by atoms with E-state index >= 15 is 0 Å². The van der Waals surface area contributed by atoms with Crippen molar-refractivity contribution in [1.82, 2.24) is 9.97 Å². The molecule has 0 fully saturated rings. The molecule has 0 saturated heterocycles. The number of nitrogens with one attached hydrogen (secondary N) is 3. The lowest BCUT2D eigenvalue weighted by Gasteiger charge is -2.33. The zero-order chi connectivity index (χ0) is 20.7. The first-order valence-electron chi connectivity index (χ1n) is 9.18. The quantitative estimate of drug-likeness (QED) is 0.714. The minimum Gasteiger partial charge on any atom is -0.493 e. The molecule has 0 saturated carbocycles. The molecule has 0 spiro atoms. The molecule has 1 aromatic heterocycles. The molecule has 0 amide bonds. The third-order valence-electron chi connectivity index (χ3n) is 5.31. The van der Waals surface area contributed by atoms with Crippen LogP contribution < -0.4 is 30.8 Å². The van der Waals surface area contributed by atoms with Crippen LogP contribution in [0.4, 0.5) is 5.82 Å². The summed E-state index contributed by atoms with van der Waals surface area (Å²) in [6.07, 6.45) is 1.75. The Bertz CT molecular complexity index is 1120. The molecular formula is C20H21N3O6. The van der Waals surface area contributed by atoms with Crippen molar-refractivity contribution in [3.63, 3.8) is 0 Å². The van der Waals surface area contributed by atoms with E-state index in [-0.39, 0.29) is 11.3 Å². The third-order valence-corrected chi connectivity index (χ3v) is 5.31. The van der Waals surface area contributed by atoms with Gasteiger partial charge in [0.25, 0.3) is 5.56 Å². The maximum atomic E-state index is 12.9. The predicted molar refractivity (Wildman–Crippen MR) is 105 cm³/mol. The Morgan fingerprint density at radius 1 is 0.931 bits per heavy atom. The van der Waals surface area contributed by atoms with E-state index < -0.39 is 17.2 Å². The van der Waals surface area contributed by atoms with E-state index in [1.165, 1.54) is 21.3 Å². The Labute approximate surface area is 165 Å². The lowest BCUT2D eigenvalue weighted by atomic mass is 9.76. The predicted octanol–water partition coefficient (Wildman–Crippen LogP) is 1.65. The summed E-state index contributed by atoms with van der Waals surface area (Å²) in [4.78, 5) is 42.3. The minimum atomic E-state index is -0.677. The fraction of sp³-hybridized carbons (Fsp3) is 0.350. The van der Waals surface area contributed by atoms with Crippen LogP contribution in [0.15, 0.2) is 33.0 Å². The number of carbonyl (C=O) groups is 1. The highest BCUT2D eigenvalue weighted by atomic mass is 16.5. The molecule has 4 rings (SSSR count). The normalized spacial score (nSPS) is 17.9. The molecule has 1 aliphatic heterocycles. The Morgan fingerprint density at radius 2 is 1.62 bits per heavy atom. The minimum absolute atomic E-state index is 0.0336. The van der Waals surface area contributed by atoms with Crippen LogP contribution in [-0.2, 0) is 4.79 Å². The molecule has 0 unspecified atom stereocenters. The van der Waals surface area contributed by atoms with Crippen LogP contribution in [-0.4, -0.2) is 37.1 Å². The number of aromatic nitrogens is 2. The molecule has 3 N–H and O–H groups in total. The van der Waals surface area contributed by atoms with E-state index in [0.29, 0.717) is 59.2 Å². The molecule has 9 heteroatoms. The highest BCUT2D eigenvalue weighted by molar-refractivity contribution is 6.01. The van der Waals surface area contributed by atoms with Crippen LogP contribution in [0.5, 0.6) is 17.2 Å². The number of hydrogen-bond acceptors (Lipinski definition) is 7. The molecule has 9 nitrogen and oxygen atoms in total. The van der Waals surface area contributed by atoms with Crippen molar-refractivity contribution in [2.45, 2.75) is 25.2 Å². The number of rotatable bonds is 4. The van der Waals surface area contributed by atoms with Gasteiger partial charge in [-0.15, -0.1) is 0 Å². The largest absolute Gasteiger partial charge is 0.493 e. The van der Waals surface area contributed by atoms with Crippen LogP contribution >= 0.6 is 0 Å². The van der Waals surface area contributed by atoms with Gasteiger partial charge in [-0.2, -0.15) is 0 Å². The number of fused-ring (bicyclic) bond motifs is 1. The van der Waals surface area contributed by atoms with E-state index in [0.717, 1.165) is 0 Å². The highest BCUT2D eigenvalue weighted by Gasteiger charge is 2.38. The third kappa shape index (κ3) is 2.98. The van der Waals surface area contributed by atoms with Crippen molar-refractivity contribution in [3.05, 3.63) is 55.4 Å². The molecule has 2 aromatic rings. The number of hydrogen-bond donors (Lipinski definition) is 3. The maximum Gasteiger partial charge on any atom is 0.327 e. The molecule has 1 aromatic carbocycles. The second-order valence-corrected chi connectivity index (χ2v) is 6.88. The monoisotopic (exact) mass is 399 g/mol. The van der Waals surface area contributed by atoms with Crippen molar-refractivity contribution < 1.29 is 19.0 Å². The first kappa shape index (κ1) is 18.9. The number of aromatic amines is 2. The van der Waals surface area contributed by atoms with Gasteiger partial charge in [0.05, 0.1) is 26.9 Å². The van der Waals surface area contributed by atoms with Crippen molar-refractivity contribution in [1.29, 1.82) is 0 Å². The number of ether oxygens (including phenoxy) is 3. The number of H-pyrrole nitrogens is 2. The zero-order valence-corrected chi connectivity index (χ0v) is 16.3. The van der Waals surface area contributed by atoms with E-state index in [2.05, 4.69) is 15.3 Å². The number of carbonyl (C=O) groups excluding carboxylic acids is 1. The average Bonchev–Trinajstić information content (AvgIpc) is 2.71. The lowest BCUT2D eigenvalue weighted by Crippen LogP contribution is -2.36. The van der Waals surface area contributed by atoms with Crippen LogP contribution in [0.25, 0.3) is 0 Å². The van der Waals surface area contributed by atoms with Gasteiger partial charge in [0.2, 0.25) is 5.75 Å². The second-order valence-electron chi connectivity index (χ2n) is 6.88. The Hall–Kier alpha value is -3.49. The van der Waals surface area contributed by atoms with Crippen LogP contribution in [0.2, 0.25) is 0 Å². The van der Waals surface area contributed by atoms with E-state index in [1.54, 1.807) is 12.1 Å². The Morgan fingerprint density at radius 3 is 2.24 bits per heavy atom. The van der Waals surface area contributed by atoms with Gasteiger partial charge in [0.15, 0.2) is 17.3 Å². The van der Waals surface area contributed by atoms with E-state index in [4.69, 9.17) is 14.2 Å². The number of methoxy groups -OCH3 is 3. The number of anilines is 1. The smallest absolute Gasteiger partial charge is 0.327 e. The summed E-state index contributed by atoms with van der Waals surface area (Å²) in [6.45, 7) is 0. The molecule has 2 heterocycles. The number of Topliss-reactive ketones (excluding diaryl/α,β-unsaturated/α-hetero) is 1. The maximum absolute atomic E-state index is 12.9. The average molecular weight is 399 g/mol. The summed E-state index contributed by atoms with van der Waals surface area (Å²) in [5, 5.41) is 3.09. The molecule has 0 bridgehead atoms. The van der Waals surface area contributed by atoms with Crippen molar-refractivity contribution in [2.24, 2.45) is 0 Å². The molecular weight excluding hydrogens is 378 g/mol. The van der Waals surface area contributed by atoms with E-state index in [1.807, 2.05) is 0 Å². The lowest BCUT2D eigenvalue weighted by molar-refractivity contribution is -0.116. The molecule has 152 valence electrons. The van der Waals surface area contributed by atoms with Gasteiger partial charge in [-0.3, -0.25) is 19.6 Å². The summed E-state index contributed by atoms with van der Waals surface area (Å²) in [5.74, 6) is 0.817. The van der Waals surface area contributed by atoms with Gasteiger partial charge >= 0.3 is 5.69 Å². The topological polar surface area (TPSA) is 123 Å². The number of ketones is 1. The summed E-state index contributed by atoms with van der Waals surface area (Å²) in [5.41, 5.74) is 0.968. The van der Waals surface area contributed by atoms with Gasteiger partial charge in [-0.1, -0.05) is 0 Å². The summed E-state index contributed by atoms with van der Waals surface area (Å²) >= 11 is 0.